The fraction of sp³-hybridized carbons (Fsp3) is 0.562. The summed E-state index contributed by atoms with van der Waals surface area (Å²) in [6.07, 6.45) is 0.714. The highest BCUT2D eigenvalue weighted by Gasteiger charge is 2.36. The Balaban J connectivity index is 2.00. The molecule has 1 saturated heterocycles. The number of nitrogens with zero attached hydrogens (tertiary/aromatic N) is 2. The first-order valence-corrected chi connectivity index (χ1v) is 7.40. The zero-order valence-electron chi connectivity index (χ0n) is 12.8. The van der Waals surface area contributed by atoms with Gasteiger partial charge in [-0.3, -0.25) is 4.79 Å². The Morgan fingerprint density at radius 3 is 2.71 bits per heavy atom. The van der Waals surface area contributed by atoms with Crippen LogP contribution in [0.25, 0.3) is 0 Å². The van der Waals surface area contributed by atoms with Crippen molar-refractivity contribution in [3.05, 3.63) is 35.9 Å². The molecule has 1 amide bonds. The minimum Gasteiger partial charge on any atom is -0.391 e. The Hall–Kier alpha value is -1.43. The summed E-state index contributed by atoms with van der Waals surface area (Å²) in [6.45, 7) is 1.14. The molecule has 0 bridgehead atoms. The second kappa shape index (κ2) is 7.02. The van der Waals surface area contributed by atoms with Crippen LogP contribution in [0.15, 0.2) is 30.3 Å². The molecule has 1 aliphatic heterocycles. The van der Waals surface area contributed by atoms with Crippen molar-refractivity contribution in [1.29, 1.82) is 0 Å². The van der Waals surface area contributed by atoms with Gasteiger partial charge in [0, 0.05) is 19.1 Å². The summed E-state index contributed by atoms with van der Waals surface area (Å²) >= 11 is 0. The van der Waals surface area contributed by atoms with Gasteiger partial charge in [-0.05, 0) is 32.5 Å². The molecule has 1 fully saturated rings. The molecule has 0 aliphatic carbocycles. The van der Waals surface area contributed by atoms with Crippen molar-refractivity contribution >= 4 is 5.91 Å². The summed E-state index contributed by atoms with van der Waals surface area (Å²) in [5.74, 6) is -0.0674. The van der Waals surface area contributed by atoms with E-state index in [2.05, 4.69) is 0 Å². The monoisotopic (exact) mass is 291 g/mol. The van der Waals surface area contributed by atoms with E-state index < -0.39 is 12.1 Å². The number of nitrogens with two attached hydrogens (primary N) is 1. The number of carbonyl (C=O) groups is 1. The van der Waals surface area contributed by atoms with Gasteiger partial charge >= 0.3 is 0 Å². The van der Waals surface area contributed by atoms with E-state index in [0.717, 1.165) is 12.1 Å². The van der Waals surface area contributed by atoms with Gasteiger partial charge in [0.15, 0.2) is 0 Å². The van der Waals surface area contributed by atoms with Crippen molar-refractivity contribution in [2.75, 3.05) is 27.2 Å². The molecule has 0 aromatic heterocycles. The summed E-state index contributed by atoms with van der Waals surface area (Å²) in [4.78, 5) is 16.3. The minimum atomic E-state index is -0.553. The fourth-order valence-electron chi connectivity index (χ4n) is 2.92. The molecule has 5 nitrogen and oxygen atoms in total. The number of rotatable bonds is 5. The first-order chi connectivity index (χ1) is 9.97. The van der Waals surface area contributed by atoms with Crippen LogP contribution in [0, 0.1) is 0 Å². The molecule has 0 saturated carbocycles. The van der Waals surface area contributed by atoms with E-state index in [1.54, 1.807) is 4.90 Å². The quantitative estimate of drug-likeness (QED) is 0.806. The lowest BCUT2D eigenvalue weighted by Crippen LogP contribution is -2.49. The first-order valence-electron chi connectivity index (χ1n) is 7.40. The number of likely N-dealkylation sites (N-methyl/N-ethyl adjacent to an activating group) is 1. The van der Waals surface area contributed by atoms with E-state index in [4.69, 9.17) is 5.73 Å². The Kier molecular flexibility index (Phi) is 5.33. The number of β-amino-alcohol motifs (C(OH)–C–C–N with tert-alkyl or cyclic N) is 1. The predicted molar refractivity (Wildman–Crippen MR) is 82.8 cm³/mol. The topological polar surface area (TPSA) is 69.8 Å². The minimum absolute atomic E-state index is 0.0457. The average molecular weight is 291 g/mol. The largest absolute Gasteiger partial charge is 0.391 e. The highest BCUT2D eigenvalue weighted by Crippen LogP contribution is 2.20. The summed E-state index contributed by atoms with van der Waals surface area (Å²) in [5, 5.41) is 9.85. The highest BCUT2D eigenvalue weighted by atomic mass is 16.3. The molecular formula is C16H25N3O2. The maximum absolute atomic E-state index is 12.6. The Morgan fingerprint density at radius 2 is 2.10 bits per heavy atom. The van der Waals surface area contributed by atoms with Crippen molar-refractivity contribution in [1.82, 2.24) is 9.80 Å². The fourth-order valence-corrected chi connectivity index (χ4v) is 2.92. The standard InChI is InChI=1S/C16H25N3O2/c1-18(2)10-13-9-14(20)11-19(13)16(21)15(17)8-12-6-4-3-5-7-12/h3-7,13-15,20H,8-11,17H2,1-2H3. The van der Waals surface area contributed by atoms with Gasteiger partial charge in [0.1, 0.15) is 0 Å². The smallest absolute Gasteiger partial charge is 0.240 e. The molecule has 3 unspecified atom stereocenters. The van der Waals surface area contributed by atoms with Crippen LogP contribution in [-0.4, -0.2) is 66.2 Å². The molecule has 3 N–H and O–H groups in total. The molecular weight excluding hydrogens is 266 g/mol. The van der Waals surface area contributed by atoms with Crippen molar-refractivity contribution < 1.29 is 9.90 Å². The van der Waals surface area contributed by atoms with Crippen molar-refractivity contribution in [3.8, 4) is 0 Å². The summed E-state index contributed by atoms with van der Waals surface area (Å²) in [7, 11) is 3.94. The summed E-state index contributed by atoms with van der Waals surface area (Å²) in [5.41, 5.74) is 7.14. The Labute approximate surface area is 126 Å². The van der Waals surface area contributed by atoms with Crippen LogP contribution in [0.2, 0.25) is 0 Å². The zero-order valence-corrected chi connectivity index (χ0v) is 12.8. The normalized spacial score (nSPS) is 23.6. The summed E-state index contributed by atoms with van der Waals surface area (Å²) < 4.78 is 0. The number of likely N-dealkylation sites (tertiary alicyclic amines) is 1. The zero-order chi connectivity index (χ0) is 15.4. The van der Waals surface area contributed by atoms with E-state index in [1.165, 1.54) is 0 Å². The number of aliphatic hydroxyl groups excluding tert-OH is 1. The molecule has 0 radical (unpaired) electrons. The van der Waals surface area contributed by atoms with Crippen LogP contribution in [0.4, 0.5) is 0 Å². The first kappa shape index (κ1) is 15.9. The third-order valence-electron chi connectivity index (χ3n) is 3.87. The van der Waals surface area contributed by atoms with E-state index >= 15 is 0 Å². The van der Waals surface area contributed by atoms with Gasteiger partial charge in [-0.15, -0.1) is 0 Å². The molecule has 1 heterocycles. The van der Waals surface area contributed by atoms with Crippen molar-refractivity contribution in [3.63, 3.8) is 0 Å². The third-order valence-corrected chi connectivity index (χ3v) is 3.87. The van der Waals surface area contributed by atoms with E-state index in [9.17, 15) is 9.90 Å². The Morgan fingerprint density at radius 1 is 1.43 bits per heavy atom. The van der Waals surface area contributed by atoms with Crippen molar-refractivity contribution in [2.45, 2.75) is 31.0 Å². The van der Waals surface area contributed by atoms with Crippen LogP contribution in [-0.2, 0) is 11.2 Å². The van der Waals surface area contributed by atoms with Gasteiger partial charge in [-0.1, -0.05) is 30.3 Å². The van der Waals surface area contributed by atoms with Crippen molar-refractivity contribution in [2.24, 2.45) is 5.73 Å². The van der Waals surface area contributed by atoms with Crippen LogP contribution in [0.3, 0.4) is 0 Å². The van der Waals surface area contributed by atoms with Crippen LogP contribution in [0.5, 0.6) is 0 Å². The maximum Gasteiger partial charge on any atom is 0.240 e. The predicted octanol–water partition coefficient (Wildman–Crippen LogP) is 0.0798. The van der Waals surface area contributed by atoms with Gasteiger partial charge in [-0.2, -0.15) is 0 Å². The molecule has 1 aromatic carbocycles. The van der Waals surface area contributed by atoms with Gasteiger partial charge in [0.2, 0.25) is 5.91 Å². The molecule has 5 heteroatoms. The van der Waals surface area contributed by atoms with Gasteiger partial charge < -0.3 is 20.6 Å². The lowest BCUT2D eigenvalue weighted by atomic mass is 10.1. The van der Waals surface area contributed by atoms with Crippen LogP contribution in [0.1, 0.15) is 12.0 Å². The lowest BCUT2D eigenvalue weighted by Gasteiger charge is -2.29. The molecule has 0 spiro atoms. The molecule has 21 heavy (non-hydrogen) atoms. The Bertz CT molecular complexity index is 464. The maximum atomic E-state index is 12.6. The van der Waals surface area contributed by atoms with Crippen LogP contribution >= 0.6 is 0 Å². The second-order valence-electron chi connectivity index (χ2n) is 6.09. The number of aliphatic hydroxyl groups is 1. The number of carbonyl (C=O) groups excluding carboxylic acids is 1. The molecule has 3 atom stereocenters. The van der Waals surface area contributed by atoms with Gasteiger partial charge in [0.05, 0.1) is 12.1 Å². The van der Waals surface area contributed by atoms with E-state index in [1.807, 2.05) is 49.3 Å². The molecule has 116 valence electrons. The number of hydrogen-bond donors (Lipinski definition) is 2. The van der Waals surface area contributed by atoms with E-state index in [0.29, 0.717) is 19.4 Å². The number of hydrogen-bond acceptors (Lipinski definition) is 4. The highest BCUT2D eigenvalue weighted by molar-refractivity contribution is 5.82. The molecule has 2 rings (SSSR count). The lowest BCUT2D eigenvalue weighted by molar-refractivity contribution is -0.133. The number of amides is 1. The SMILES string of the molecule is CN(C)CC1CC(O)CN1C(=O)C(N)Cc1ccccc1. The molecule has 1 aliphatic rings. The second-order valence-corrected chi connectivity index (χ2v) is 6.09. The third kappa shape index (κ3) is 4.27. The summed E-state index contributed by atoms with van der Waals surface area (Å²) in [6, 6.07) is 9.28. The van der Waals surface area contributed by atoms with E-state index in [-0.39, 0.29) is 11.9 Å². The van der Waals surface area contributed by atoms with Gasteiger partial charge in [0.25, 0.3) is 0 Å². The number of benzene rings is 1. The average Bonchev–Trinajstić information content (AvgIpc) is 2.79. The van der Waals surface area contributed by atoms with Gasteiger partial charge in [-0.25, -0.2) is 0 Å². The molecule has 1 aromatic rings. The van der Waals surface area contributed by atoms with Crippen LogP contribution < -0.4 is 5.73 Å².